The van der Waals surface area contributed by atoms with Gasteiger partial charge in [-0.2, -0.15) is 0 Å². The maximum absolute atomic E-state index is 12.0. The first-order valence-electron chi connectivity index (χ1n) is 8.95. The monoisotopic (exact) mass is 396 g/mol. The molecule has 0 unspecified atom stereocenters. The van der Waals surface area contributed by atoms with Crippen LogP contribution in [0.3, 0.4) is 0 Å². The first kappa shape index (κ1) is 21.6. The van der Waals surface area contributed by atoms with Crippen LogP contribution in [0.4, 0.5) is 0 Å². The summed E-state index contributed by atoms with van der Waals surface area (Å²) in [6, 6.07) is 10.1. The molecule has 0 radical (unpaired) electrons. The van der Waals surface area contributed by atoms with E-state index in [1.165, 1.54) is 25.3 Å². The summed E-state index contributed by atoms with van der Waals surface area (Å²) in [7, 11) is 3.00. The van der Waals surface area contributed by atoms with Crippen LogP contribution >= 0.6 is 0 Å². The number of benzene rings is 2. The summed E-state index contributed by atoms with van der Waals surface area (Å²) in [6.45, 7) is 2.42. The van der Waals surface area contributed by atoms with Crippen molar-refractivity contribution >= 4 is 17.9 Å². The number of phenols is 1. The highest BCUT2D eigenvalue weighted by Gasteiger charge is 2.04. The molecule has 0 saturated carbocycles. The van der Waals surface area contributed by atoms with E-state index in [0.717, 1.165) is 11.6 Å². The van der Waals surface area contributed by atoms with E-state index in [4.69, 9.17) is 14.2 Å². The Kier molecular flexibility index (Phi) is 7.91. The molecule has 2 rings (SSSR count). The summed E-state index contributed by atoms with van der Waals surface area (Å²) in [4.78, 5) is 12.0. The summed E-state index contributed by atoms with van der Waals surface area (Å²) in [5, 5.41) is 19.6. The van der Waals surface area contributed by atoms with Gasteiger partial charge in [0.2, 0.25) is 0 Å². The first-order valence-corrected chi connectivity index (χ1v) is 8.95. The molecule has 0 fully saturated rings. The SMILES string of the molecule is CCOc1ccc(/C=C/C(O)=CC(=O)/C=C/c2ccc(O)c(OC)c2)cc1OC. The largest absolute Gasteiger partial charge is 0.508 e. The highest BCUT2D eigenvalue weighted by molar-refractivity contribution is 6.02. The number of methoxy groups -OCH3 is 2. The molecule has 0 amide bonds. The highest BCUT2D eigenvalue weighted by atomic mass is 16.5. The third-order valence-electron chi connectivity index (χ3n) is 3.87. The summed E-state index contributed by atoms with van der Waals surface area (Å²) in [5.41, 5.74) is 1.46. The number of aromatic hydroxyl groups is 1. The minimum absolute atomic E-state index is 0.0181. The molecule has 2 aromatic rings. The second kappa shape index (κ2) is 10.6. The third-order valence-corrected chi connectivity index (χ3v) is 3.87. The van der Waals surface area contributed by atoms with E-state index in [1.807, 2.05) is 13.0 Å². The molecule has 0 saturated heterocycles. The normalized spacial score (nSPS) is 11.8. The standard InChI is InChI=1S/C23H24O6/c1-4-29-21-12-8-17(14-23(21)28-3)6-10-19(25)15-18(24)9-5-16-7-11-20(26)22(13-16)27-2/h5-15,25-26H,4H2,1-3H3/b9-5+,10-6+,19-15?. The summed E-state index contributed by atoms with van der Waals surface area (Å²) >= 11 is 0. The third kappa shape index (κ3) is 6.46. The lowest BCUT2D eigenvalue weighted by atomic mass is 10.1. The van der Waals surface area contributed by atoms with Gasteiger partial charge in [0, 0.05) is 6.08 Å². The Hall–Kier alpha value is -3.67. The van der Waals surface area contributed by atoms with Crippen molar-refractivity contribution in [2.75, 3.05) is 20.8 Å². The van der Waals surface area contributed by atoms with E-state index in [-0.39, 0.29) is 17.3 Å². The van der Waals surface area contributed by atoms with E-state index in [0.29, 0.717) is 29.4 Å². The molecule has 0 aliphatic heterocycles. The lowest BCUT2D eigenvalue weighted by Crippen LogP contribution is -1.95. The predicted octanol–water partition coefficient (Wildman–Crippen LogP) is 4.55. The molecule has 0 heterocycles. The van der Waals surface area contributed by atoms with Gasteiger partial charge in [-0.3, -0.25) is 4.79 Å². The van der Waals surface area contributed by atoms with Crippen LogP contribution in [0.25, 0.3) is 12.2 Å². The van der Waals surface area contributed by atoms with Crippen molar-refractivity contribution in [2.24, 2.45) is 0 Å². The van der Waals surface area contributed by atoms with Gasteiger partial charge in [-0.15, -0.1) is 0 Å². The number of hydrogen-bond donors (Lipinski definition) is 2. The Bertz CT molecular complexity index is 940. The van der Waals surface area contributed by atoms with Crippen LogP contribution in [0, 0.1) is 0 Å². The molecular weight excluding hydrogens is 372 g/mol. The number of rotatable bonds is 9. The molecule has 2 aromatic carbocycles. The summed E-state index contributed by atoms with van der Waals surface area (Å²) in [5.74, 6) is 0.981. The average molecular weight is 396 g/mol. The Balaban J connectivity index is 2.06. The van der Waals surface area contributed by atoms with E-state index >= 15 is 0 Å². The Morgan fingerprint density at radius 2 is 1.55 bits per heavy atom. The van der Waals surface area contributed by atoms with Crippen LogP contribution in [0.2, 0.25) is 0 Å². The minimum Gasteiger partial charge on any atom is -0.508 e. The molecule has 0 atom stereocenters. The van der Waals surface area contributed by atoms with E-state index in [1.54, 1.807) is 43.5 Å². The Morgan fingerprint density at radius 3 is 2.21 bits per heavy atom. The van der Waals surface area contributed by atoms with Crippen LogP contribution in [0.1, 0.15) is 18.1 Å². The Labute approximate surface area is 170 Å². The van der Waals surface area contributed by atoms with Crippen molar-refractivity contribution in [3.8, 4) is 23.0 Å². The number of aliphatic hydroxyl groups is 1. The fourth-order valence-electron chi connectivity index (χ4n) is 2.46. The zero-order valence-corrected chi connectivity index (χ0v) is 16.6. The number of aliphatic hydroxyl groups excluding tert-OH is 1. The van der Waals surface area contributed by atoms with E-state index in [2.05, 4.69) is 0 Å². The molecule has 6 heteroatoms. The molecule has 0 aromatic heterocycles. The predicted molar refractivity (Wildman–Crippen MR) is 113 cm³/mol. The summed E-state index contributed by atoms with van der Waals surface area (Å²) < 4.78 is 15.8. The Morgan fingerprint density at radius 1 is 0.931 bits per heavy atom. The number of hydrogen-bond acceptors (Lipinski definition) is 6. The molecule has 0 bridgehead atoms. The number of phenolic OH excluding ortho intramolecular Hbond substituents is 1. The van der Waals surface area contributed by atoms with Gasteiger partial charge in [-0.1, -0.05) is 24.3 Å². The van der Waals surface area contributed by atoms with Crippen molar-refractivity contribution in [1.82, 2.24) is 0 Å². The smallest absolute Gasteiger partial charge is 0.182 e. The maximum Gasteiger partial charge on any atom is 0.182 e. The topological polar surface area (TPSA) is 85.2 Å². The van der Waals surface area contributed by atoms with Gasteiger partial charge in [0.05, 0.1) is 20.8 Å². The van der Waals surface area contributed by atoms with Gasteiger partial charge in [0.1, 0.15) is 5.76 Å². The molecule has 2 N–H and O–H groups in total. The second-order valence-electron chi connectivity index (χ2n) is 5.91. The van der Waals surface area contributed by atoms with Gasteiger partial charge in [-0.05, 0) is 54.5 Å². The van der Waals surface area contributed by atoms with Crippen LogP contribution in [0.15, 0.2) is 60.4 Å². The quantitative estimate of drug-likeness (QED) is 0.368. The second-order valence-corrected chi connectivity index (χ2v) is 5.91. The van der Waals surface area contributed by atoms with Gasteiger partial charge in [0.25, 0.3) is 0 Å². The van der Waals surface area contributed by atoms with Crippen molar-refractivity contribution in [3.05, 3.63) is 71.5 Å². The lowest BCUT2D eigenvalue weighted by Gasteiger charge is -2.09. The first-order chi connectivity index (χ1) is 14.0. The van der Waals surface area contributed by atoms with Gasteiger partial charge in [0.15, 0.2) is 28.8 Å². The molecule has 0 aliphatic rings. The molecule has 152 valence electrons. The highest BCUT2D eigenvalue weighted by Crippen LogP contribution is 2.29. The zero-order valence-electron chi connectivity index (χ0n) is 16.6. The van der Waals surface area contributed by atoms with E-state index in [9.17, 15) is 15.0 Å². The minimum atomic E-state index is -0.386. The number of ketones is 1. The number of ether oxygens (including phenoxy) is 3. The molecule has 0 aliphatic carbocycles. The van der Waals surface area contributed by atoms with Crippen LogP contribution < -0.4 is 14.2 Å². The molecule has 6 nitrogen and oxygen atoms in total. The lowest BCUT2D eigenvalue weighted by molar-refractivity contribution is -0.110. The molecule has 0 spiro atoms. The van der Waals surface area contributed by atoms with Gasteiger partial charge >= 0.3 is 0 Å². The maximum atomic E-state index is 12.0. The fraction of sp³-hybridized carbons (Fsp3) is 0.174. The zero-order chi connectivity index (χ0) is 21.2. The van der Waals surface area contributed by atoms with Crippen molar-refractivity contribution in [1.29, 1.82) is 0 Å². The average Bonchev–Trinajstić information content (AvgIpc) is 2.72. The van der Waals surface area contributed by atoms with E-state index < -0.39 is 0 Å². The number of carbonyl (C=O) groups is 1. The van der Waals surface area contributed by atoms with Crippen LogP contribution in [-0.4, -0.2) is 36.8 Å². The molecular formula is C23H24O6. The van der Waals surface area contributed by atoms with Crippen molar-refractivity contribution in [3.63, 3.8) is 0 Å². The number of carbonyl (C=O) groups excluding carboxylic acids is 1. The van der Waals surface area contributed by atoms with Crippen LogP contribution in [-0.2, 0) is 4.79 Å². The van der Waals surface area contributed by atoms with Crippen LogP contribution in [0.5, 0.6) is 23.0 Å². The van der Waals surface area contributed by atoms with Crippen molar-refractivity contribution in [2.45, 2.75) is 6.92 Å². The summed E-state index contributed by atoms with van der Waals surface area (Å²) in [6.07, 6.45) is 7.07. The fourth-order valence-corrected chi connectivity index (χ4v) is 2.46. The van der Waals surface area contributed by atoms with Crippen molar-refractivity contribution < 1.29 is 29.2 Å². The number of allylic oxidation sites excluding steroid dienone is 3. The van der Waals surface area contributed by atoms with Gasteiger partial charge in [-0.25, -0.2) is 0 Å². The molecule has 29 heavy (non-hydrogen) atoms. The van der Waals surface area contributed by atoms with Gasteiger partial charge < -0.3 is 24.4 Å².